The largest absolute Gasteiger partial charge is 0.395 e. The number of hydrogen-bond acceptors (Lipinski definition) is 5. The van der Waals surface area contributed by atoms with Crippen LogP contribution < -0.4 is 4.90 Å². The van der Waals surface area contributed by atoms with Crippen LogP contribution in [-0.4, -0.2) is 58.8 Å². The lowest BCUT2D eigenvalue weighted by atomic mass is 10.2. The van der Waals surface area contributed by atoms with E-state index in [0.717, 1.165) is 26.2 Å². The molecule has 2 heterocycles. The van der Waals surface area contributed by atoms with Crippen molar-refractivity contribution in [2.24, 2.45) is 0 Å². The predicted molar refractivity (Wildman–Crippen MR) is 71.7 cm³/mol. The molecule has 106 valence electrons. The van der Waals surface area contributed by atoms with Crippen LogP contribution in [0.4, 0.5) is 10.2 Å². The number of hydrogen-bond donors (Lipinski definition) is 1. The van der Waals surface area contributed by atoms with Crippen molar-refractivity contribution in [3.63, 3.8) is 0 Å². The number of piperazine rings is 1. The molecule has 1 atom stereocenters. The van der Waals surface area contributed by atoms with Crippen molar-refractivity contribution < 1.29 is 9.50 Å². The quantitative estimate of drug-likeness (QED) is 0.870. The molecule has 1 aromatic rings. The van der Waals surface area contributed by atoms with Crippen LogP contribution in [0.5, 0.6) is 0 Å². The van der Waals surface area contributed by atoms with Gasteiger partial charge in [0.1, 0.15) is 6.33 Å². The van der Waals surface area contributed by atoms with Gasteiger partial charge in [0.2, 0.25) is 0 Å². The minimum Gasteiger partial charge on any atom is -0.395 e. The number of rotatable bonds is 4. The van der Waals surface area contributed by atoms with Gasteiger partial charge >= 0.3 is 0 Å². The van der Waals surface area contributed by atoms with E-state index in [1.807, 2.05) is 18.7 Å². The van der Waals surface area contributed by atoms with Crippen LogP contribution >= 0.6 is 0 Å². The van der Waals surface area contributed by atoms with Crippen LogP contribution in [0, 0.1) is 5.82 Å². The second kappa shape index (κ2) is 6.25. The summed E-state index contributed by atoms with van der Waals surface area (Å²) in [7, 11) is 0. The van der Waals surface area contributed by atoms with E-state index in [2.05, 4.69) is 14.9 Å². The molecule has 0 spiro atoms. The highest BCUT2D eigenvalue weighted by Crippen LogP contribution is 2.20. The highest BCUT2D eigenvalue weighted by Gasteiger charge is 2.24. The Kier molecular flexibility index (Phi) is 4.66. The molecule has 1 aromatic heterocycles. The van der Waals surface area contributed by atoms with Gasteiger partial charge in [-0.1, -0.05) is 6.92 Å². The van der Waals surface area contributed by atoms with Gasteiger partial charge in [-0.25, -0.2) is 14.4 Å². The van der Waals surface area contributed by atoms with Crippen molar-refractivity contribution in [3.8, 4) is 0 Å². The number of nitrogens with zero attached hydrogens (tertiary/aromatic N) is 4. The van der Waals surface area contributed by atoms with Crippen molar-refractivity contribution in [2.75, 3.05) is 37.7 Å². The molecule has 2 rings (SSSR count). The fourth-order valence-electron chi connectivity index (χ4n) is 2.35. The van der Waals surface area contributed by atoms with E-state index in [9.17, 15) is 4.39 Å². The van der Waals surface area contributed by atoms with Crippen LogP contribution in [0.1, 0.15) is 19.5 Å². The molecule has 0 aromatic carbocycles. The van der Waals surface area contributed by atoms with E-state index in [4.69, 9.17) is 5.11 Å². The Hall–Kier alpha value is -1.27. The first-order valence-corrected chi connectivity index (χ1v) is 6.76. The Morgan fingerprint density at radius 1 is 1.32 bits per heavy atom. The van der Waals surface area contributed by atoms with E-state index < -0.39 is 0 Å². The number of halogens is 1. The molecule has 1 aliphatic rings. The lowest BCUT2D eigenvalue weighted by Gasteiger charge is -2.38. The summed E-state index contributed by atoms with van der Waals surface area (Å²) < 4.78 is 14.2. The Morgan fingerprint density at radius 3 is 2.58 bits per heavy atom. The fourth-order valence-corrected chi connectivity index (χ4v) is 2.35. The fraction of sp³-hybridized carbons (Fsp3) is 0.692. The van der Waals surface area contributed by atoms with Crippen molar-refractivity contribution in [2.45, 2.75) is 26.3 Å². The van der Waals surface area contributed by atoms with Crippen LogP contribution in [0.3, 0.4) is 0 Å². The SMILES string of the molecule is CCc1ncnc(N2CCN(C(C)CO)CC2)c1F. The van der Waals surface area contributed by atoms with Gasteiger partial charge in [-0.05, 0) is 13.3 Å². The van der Waals surface area contributed by atoms with Gasteiger partial charge in [-0.2, -0.15) is 0 Å². The third kappa shape index (κ3) is 3.01. The van der Waals surface area contributed by atoms with Gasteiger partial charge in [0.25, 0.3) is 0 Å². The van der Waals surface area contributed by atoms with E-state index in [1.165, 1.54) is 6.33 Å². The molecule has 0 amide bonds. The maximum absolute atomic E-state index is 14.2. The Bertz CT molecular complexity index is 421. The number of anilines is 1. The van der Waals surface area contributed by atoms with Crippen molar-refractivity contribution in [3.05, 3.63) is 17.8 Å². The summed E-state index contributed by atoms with van der Waals surface area (Å²) in [5, 5.41) is 9.15. The smallest absolute Gasteiger partial charge is 0.187 e. The maximum atomic E-state index is 14.2. The van der Waals surface area contributed by atoms with Gasteiger partial charge in [0.15, 0.2) is 11.6 Å². The monoisotopic (exact) mass is 268 g/mol. The van der Waals surface area contributed by atoms with Crippen molar-refractivity contribution in [1.82, 2.24) is 14.9 Å². The molecule has 0 radical (unpaired) electrons. The Labute approximate surface area is 113 Å². The molecule has 19 heavy (non-hydrogen) atoms. The van der Waals surface area contributed by atoms with E-state index in [0.29, 0.717) is 17.9 Å². The first kappa shape index (κ1) is 14.1. The van der Waals surface area contributed by atoms with Crippen LogP contribution in [0.15, 0.2) is 6.33 Å². The molecule has 0 aliphatic carbocycles. The minimum absolute atomic E-state index is 0.155. The molecule has 0 bridgehead atoms. The van der Waals surface area contributed by atoms with E-state index in [-0.39, 0.29) is 18.5 Å². The van der Waals surface area contributed by atoms with Gasteiger partial charge in [0, 0.05) is 32.2 Å². The van der Waals surface area contributed by atoms with Crippen LogP contribution in [0.25, 0.3) is 0 Å². The number of aryl methyl sites for hydroxylation is 1. The molecular weight excluding hydrogens is 247 g/mol. The molecule has 1 aliphatic heterocycles. The third-order valence-corrected chi connectivity index (χ3v) is 3.68. The molecule has 1 unspecified atom stereocenters. The van der Waals surface area contributed by atoms with Gasteiger partial charge < -0.3 is 10.0 Å². The first-order chi connectivity index (χ1) is 9.17. The normalized spacial score (nSPS) is 18.6. The summed E-state index contributed by atoms with van der Waals surface area (Å²) in [5.41, 5.74) is 0.469. The zero-order valence-corrected chi connectivity index (χ0v) is 11.5. The standard InChI is InChI=1S/C13H21FN4O/c1-3-11-12(14)13(16-9-15-11)18-6-4-17(5-7-18)10(2)8-19/h9-10,19H,3-8H2,1-2H3. The zero-order chi connectivity index (χ0) is 13.8. The van der Waals surface area contributed by atoms with Gasteiger partial charge in [0.05, 0.1) is 12.3 Å². The molecule has 1 N–H and O–H groups in total. The summed E-state index contributed by atoms with van der Waals surface area (Å²) in [6, 6.07) is 0.156. The molecule has 6 heteroatoms. The Balaban J connectivity index is 2.06. The highest BCUT2D eigenvalue weighted by molar-refractivity contribution is 5.41. The summed E-state index contributed by atoms with van der Waals surface area (Å²) in [6.45, 7) is 7.11. The van der Waals surface area contributed by atoms with Gasteiger partial charge in [-0.15, -0.1) is 0 Å². The highest BCUT2D eigenvalue weighted by atomic mass is 19.1. The lowest BCUT2D eigenvalue weighted by molar-refractivity contribution is 0.128. The minimum atomic E-state index is -0.298. The second-order valence-corrected chi connectivity index (χ2v) is 4.87. The molecule has 1 fully saturated rings. The molecule has 1 saturated heterocycles. The number of aliphatic hydroxyl groups excluding tert-OH is 1. The average molecular weight is 268 g/mol. The zero-order valence-electron chi connectivity index (χ0n) is 11.5. The van der Waals surface area contributed by atoms with Crippen LogP contribution in [-0.2, 0) is 6.42 Å². The average Bonchev–Trinajstić information content (AvgIpc) is 2.47. The lowest BCUT2D eigenvalue weighted by Crippen LogP contribution is -2.51. The summed E-state index contributed by atoms with van der Waals surface area (Å²) in [5.74, 6) is 0.108. The summed E-state index contributed by atoms with van der Waals surface area (Å²) in [4.78, 5) is 12.2. The topological polar surface area (TPSA) is 52.5 Å². The predicted octanol–water partition coefficient (Wildman–Crippen LogP) is 0.681. The van der Waals surface area contributed by atoms with Crippen molar-refractivity contribution in [1.29, 1.82) is 0 Å². The molecule has 0 saturated carbocycles. The number of aliphatic hydroxyl groups is 1. The Morgan fingerprint density at radius 2 is 2.00 bits per heavy atom. The van der Waals surface area contributed by atoms with Crippen molar-refractivity contribution >= 4 is 5.82 Å². The first-order valence-electron chi connectivity index (χ1n) is 6.76. The maximum Gasteiger partial charge on any atom is 0.187 e. The number of aromatic nitrogens is 2. The van der Waals surface area contributed by atoms with E-state index in [1.54, 1.807) is 0 Å². The summed E-state index contributed by atoms with van der Waals surface area (Å²) >= 11 is 0. The molecule has 5 nitrogen and oxygen atoms in total. The van der Waals surface area contributed by atoms with Gasteiger partial charge in [-0.3, -0.25) is 4.90 Å². The molecular formula is C13H21FN4O. The van der Waals surface area contributed by atoms with Crippen LogP contribution in [0.2, 0.25) is 0 Å². The summed E-state index contributed by atoms with van der Waals surface area (Å²) in [6.07, 6.45) is 2.00. The second-order valence-electron chi connectivity index (χ2n) is 4.87. The third-order valence-electron chi connectivity index (χ3n) is 3.68. The van der Waals surface area contributed by atoms with E-state index >= 15 is 0 Å².